The summed E-state index contributed by atoms with van der Waals surface area (Å²) in [6.45, 7) is 2.01. The first kappa shape index (κ1) is 5.69. The van der Waals surface area contributed by atoms with E-state index in [9.17, 15) is 0 Å². The zero-order chi connectivity index (χ0) is 6.10. The predicted octanol–water partition coefficient (Wildman–Crippen LogP) is 0.954. The highest BCUT2D eigenvalue weighted by molar-refractivity contribution is 4.73. The van der Waals surface area contributed by atoms with E-state index in [0.717, 1.165) is 13.2 Å². The van der Waals surface area contributed by atoms with Crippen molar-refractivity contribution >= 4 is 0 Å². The average Bonchev–Trinajstić information content (AvgIpc) is 2.57. The van der Waals surface area contributed by atoms with Crippen molar-refractivity contribution in [2.45, 2.75) is 31.5 Å². The molecule has 2 atom stereocenters. The van der Waals surface area contributed by atoms with E-state index in [2.05, 4.69) is 0 Å². The predicted molar refractivity (Wildman–Crippen MR) is 33.3 cm³/mol. The van der Waals surface area contributed by atoms with Crippen LogP contribution >= 0.6 is 0 Å². The van der Waals surface area contributed by atoms with Crippen LogP contribution in [-0.2, 0) is 9.47 Å². The Labute approximate surface area is 55.1 Å². The van der Waals surface area contributed by atoms with Crippen LogP contribution in [0.1, 0.15) is 19.3 Å². The molecule has 2 nitrogen and oxygen atoms in total. The summed E-state index contributed by atoms with van der Waals surface area (Å²) in [6.07, 6.45) is 5.02. The standard InChI is InChI=1S/C7H12O2/c1(2-6-4-8-6)3-7-5-9-7/h6-7H,1-5H2. The molecule has 52 valence electrons. The molecule has 0 aromatic carbocycles. The maximum atomic E-state index is 5.07. The molecule has 0 aromatic heterocycles. The number of epoxide rings is 2. The van der Waals surface area contributed by atoms with Crippen molar-refractivity contribution in [3.05, 3.63) is 0 Å². The van der Waals surface area contributed by atoms with Crippen molar-refractivity contribution in [1.29, 1.82) is 0 Å². The molecule has 2 saturated heterocycles. The van der Waals surface area contributed by atoms with E-state index in [0.29, 0.717) is 12.2 Å². The second-order valence-electron chi connectivity index (χ2n) is 2.84. The van der Waals surface area contributed by atoms with Crippen LogP contribution in [0.2, 0.25) is 0 Å². The van der Waals surface area contributed by atoms with Crippen LogP contribution in [0.3, 0.4) is 0 Å². The Morgan fingerprint density at radius 3 is 1.78 bits per heavy atom. The third kappa shape index (κ3) is 1.95. The fourth-order valence-corrected chi connectivity index (χ4v) is 1.04. The Balaban J connectivity index is 1.46. The SMILES string of the molecule is C(CC1CO1)CC1CO1. The van der Waals surface area contributed by atoms with E-state index < -0.39 is 0 Å². The van der Waals surface area contributed by atoms with E-state index in [1.165, 1.54) is 19.3 Å². The normalized spacial score (nSPS) is 38.7. The highest BCUT2D eigenvalue weighted by atomic mass is 16.6. The van der Waals surface area contributed by atoms with Crippen LogP contribution in [-0.4, -0.2) is 25.4 Å². The average molecular weight is 128 g/mol. The lowest BCUT2D eigenvalue weighted by Gasteiger charge is -1.90. The van der Waals surface area contributed by atoms with Gasteiger partial charge in [0.15, 0.2) is 0 Å². The maximum Gasteiger partial charge on any atom is 0.0810 e. The monoisotopic (exact) mass is 128 g/mol. The zero-order valence-electron chi connectivity index (χ0n) is 5.51. The van der Waals surface area contributed by atoms with Crippen molar-refractivity contribution in [2.24, 2.45) is 0 Å². The van der Waals surface area contributed by atoms with E-state index in [1.807, 2.05) is 0 Å². The lowest BCUT2D eigenvalue weighted by molar-refractivity contribution is 0.365. The molecule has 0 saturated carbocycles. The van der Waals surface area contributed by atoms with E-state index >= 15 is 0 Å². The summed E-state index contributed by atoms with van der Waals surface area (Å²) in [5.74, 6) is 0. The van der Waals surface area contributed by atoms with Gasteiger partial charge < -0.3 is 9.47 Å². The molecule has 0 aromatic rings. The summed E-state index contributed by atoms with van der Waals surface area (Å²) < 4.78 is 10.1. The number of hydrogen-bond acceptors (Lipinski definition) is 2. The highest BCUT2D eigenvalue weighted by Gasteiger charge is 2.25. The topological polar surface area (TPSA) is 25.1 Å². The van der Waals surface area contributed by atoms with Gasteiger partial charge in [0, 0.05) is 0 Å². The van der Waals surface area contributed by atoms with Crippen LogP contribution < -0.4 is 0 Å². The van der Waals surface area contributed by atoms with Gasteiger partial charge in [0.25, 0.3) is 0 Å². The quantitative estimate of drug-likeness (QED) is 0.527. The van der Waals surface area contributed by atoms with Gasteiger partial charge in [-0.1, -0.05) is 0 Å². The van der Waals surface area contributed by atoms with Gasteiger partial charge in [0.1, 0.15) is 0 Å². The molecule has 0 N–H and O–H groups in total. The second-order valence-corrected chi connectivity index (χ2v) is 2.84. The minimum atomic E-state index is 0.615. The van der Waals surface area contributed by atoms with Gasteiger partial charge >= 0.3 is 0 Å². The van der Waals surface area contributed by atoms with Gasteiger partial charge in [-0.25, -0.2) is 0 Å². The third-order valence-corrected chi connectivity index (χ3v) is 1.86. The first-order valence-electron chi connectivity index (χ1n) is 3.68. The summed E-state index contributed by atoms with van der Waals surface area (Å²) in [5.41, 5.74) is 0. The summed E-state index contributed by atoms with van der Waals surface area (Å²) in [6, 6.07) is 0. The van der Waals surface area contributed by atoms with Crippen LogP contribution in [0.25, 0.3) is 0 Å². The second kappa shape index (κ2) is 2.27. The van der Waals surface area contributed by atoms with Gasteiger partial charge in [-0.3, -0.25) is 0 Å². The lowest BCUT2D eigenvalue weighted by atomic mass is 10.2. The van der Waals surface area contributed by atoms with Crippen molar-refractivity contribution in [3.63, 3.8) is 0 Å². The van der Waals surface area contributed by atoms with Crippen molar-refractivity contribution in [1.82, 2.24) is 0 Å². The fraction of sp³-hybridized carbons (Fsp3) is 1.00. The number of hydrogen-bond donors (Lipinski definition) is 0. The fourth-order valence-electron chi connectivity index (χ4n) is 1.04. The Kier molecular flexibility index (Phi) is 1.44. The molecule has 9 heavy (non-hydrogen) atoms. The Morgan fingerprint density at radius 1 is 1.00 bits per heavy atom. The minimum Gasteiger partial charge on any atom is -0.373 e. The van der Waals surface area contributed by atoms with E-state index in [4.69, 9.17) is 9.47 Å². The van der Waals surface area contributed by atoms with Crippen molar-refractivity contribution in [2.75, 3.05) is 13.2 Å². The summed E-state index contributed by atoms with van der Waals surface area (Å²) >= 11 is 0. The Bertz CT molecular complexity index is 83.1. The van der Waals surface area contributed by atoms with E-state index in [1.54, 1.807) is 0 Å². The maximum absolute atomic E-state index is 5.07. The highest BCUT2D eigenvalue weighted by Crippen LogP contribution is 2.21. The van der Waals surface area contributed by atoms with Gasteiger partial charge in [-0.15, -0.1) is 0 Å². The molecular weight excluding hydrogens is 116 g/mol. The third-order valence-electron chi connectivity index (χ3n) is 1.86. The smallest absolute Gasteiger partial charge is 0.0810 e. The van der Waals surface area contributed by atoms with Crippen molar-refractivity contribution < 1.29 is 9.47 Å². The molecule has 0 spiro atoms. The number of ether oxygens (including phenoxy) is 2. The molecule has 0 bridgehead atoms. The van der Waals surface area contributed by atoms with Gasteiger partial charge in [0.2, 0.25) is 0 Å². The van der Waals surface area contributed by atoms with Crippen LogP contribution in [0.4, 0.5) is 0 Å². The molecule has 2 unspecified atom stereocenters. The number of rotatable bonds is 4. The van der Waals surface area contributed by atoms with Crippen LogP contribution in [0, 0.1) is 0 Å². The van der Waals surface area contributed by atoms with Crippen molar-refractivity contribution in [3.8, 4) is 0 Å². The molecule has 2 aliphatic heterocycles. The van der Waals surface area contributed by atoms with Crippen LogP contribution in [0.15, 0.2) is 0 Å². The molecule has 2 fully saturated rings. The van der Waals surface area contributed by atoms with Crippen LogP contribution in [0.5, 0.6) is 0 Å². The molecule has 2 rings (SSSR count). The lowest BCUT2D eigenvalue weighted by Crippen LogP contribution is -1.89. The largest absolute Gasteiger partial charge is 0.373 e. The van der Waals surface area contributed by atoms with Gasteiger partial charge in [-0.05, 0) is 19.3 Å². The summed E-state index contributed by atoms with van der Waals surface area (Å²) in [7, 11) is 0. The molecule has 0 amide bonds. The van der Waals surface area contributed by atoms with Gasteiger partial charge in [-0.2, -0.15) is 0 Å². The van der Waals surface area contributed by atoms with Gasteiger partial charge in [0.05, 0.1) is 25.4 Å². The summed E-state index contributed by atoms with van der Waals surface area (Å²) in [5, 5.41) is 0. The molecule has 2 heterocycles. The zero-order valence-corrected chi connectivity index (χ0v) is 5.51. The molecule has 0 radical (unpaired) electrons. The Morgan fingerprint density at radius 2 is 1.44 bits per heavy atom. The molecule has 0 aliphatic carbocycles. The first-order valence-corrected chi connectivity index (χ1v) is 3.68. The van der Waals surface area contributed by atoms with E-state index in [-0.39, 0.29) is 0 Å². The minimum absolute atomic E-state index is 0.615. The molecular formula is C7H12O2. The molecule has 2 aliphatic rings. The Hall–Kier alpha value is -0.0800. The summed E-state index contributed by atoms with van der Waals surface area (Å²) in [4.78, 5) is 0. The molecule has 2 heteroatoms. The first-order chi connectivity index (χ1) is 4.45.